The summed E-state index contributed by atoms with van der Waals surface area (Å²) in [7, 11) is 0. The summed E-state index contributed by atoms with van der Waals surface area (Å²) in [5.74, 6) is 0.616. The zero-order valence-corrected chi connectivity index (χ0v) is 11.9. The van der Waals surface area contributed by atoms with Gasteiger partial charge in [-0.1, -0.05) is 24.6 Å². The van der Waals surface area contributed by atoms with Gasteiger partial charge < -0.3 is 5.32 Å². The van der Waals surface area contributed by atoms with E-state index in [1.807, 2.05) is 6.07 Å². The Morgan fingerprint density at radius 2 is 1.68 bits per heavy atom. The zero-order valence-electron chi connectivity index (χ0n) is 11.9. The van der Waals surface area contributed by atoms with E-state index in [-0.39, 0.29) is 5.92 Å². The van der Waals surface area contributed by atoms with E-state index in [0.29, 0.717) is 17.9 Å². The molecule has 0 amide bonds. The van der Waals surface area contributed by atoms with Crippen molar-refractivity contribution in [2.45, 2.75) is 58.0 Å². The second kappa shape index (κ2) is 5.09. The molecule has 2 saturated heterocycles. The van der Waals surface area contributed by atoms with E-state index in [9.17, 15) is 4.79 Å². The Balaban J connectivity index is 1.84. The highest BCUT2D eigenvalue weighted by Gasteiger charge is 2.35. The molecule has 102 valence electrons. The predicted octanol–water partition coefficient (Wildman–Crippen LogP) is 3.41. The van der Waals surface area contributed by atoms with Crippen molar-refractivity contribution in [1.29, 1.82) is 0 Å². The third-order valence-corrected chi connectivity index (χ3v) is 4.81. The molecular formula is C17H23NO. The van der Waals surface area contributed by atoms with Crippen LogP contribution in [0.2, 0.25) is 0 Å². The number of carbonyl (C=O) groups is 1. The topological polar surface area (TPSA) is 29.1 Å². The number of piperidine rings is 2. The highest BCUT2D eigenvalue weighted by atomic mass is 16.1. The second-order valence-electron chi connectivity index (χ2n) is 6.29. The van der Waals surface area contributed by atoms with Gasteiger partial charge in [-0.05, 0) is 50.7 Å². The fourth-order valence-corrected chi connectivity index (χ4v) is 3.89. The fourth-order valence-electron chi connectivity index (χ4n) is 3.89. The number of benzene rings is 1. The van der Waals surface area contributed by atoms with Crippen LogP contribution in [0.1, 0.15) is 53.6 Å². The Morgan fingerprint density at radius 3 is 2.26 bits per heavy atom. The van der Waals surface area contributed by atoms with Gasteiger partial charge in [-0.3, -0.25) is 4.79 Å². The average molecular weight is 257 g/mol. The summed E-state index contributed by atoms with van der Waals surface area (Å²) in [6, 6.07) is 7.31. The normalized spacial score (nSPS) is 30.1. The van der Waals surface area contributed by atoms with Gasteiger partial charge in [0.2, 0.25) is 0 Å². The summed E-state index contributed by atoms with van der Waals surface area (Å²) in [4.78, 5) is 12.8. The minimum Gasteiger partial charge on any atom is -0.311 e. The van der Waals surface area contributed by atoms with Crippen LogP contribution in [0.15, 0.2) is 18.2 Å². The van der Waals surface area contributed by atoms with Gasteiger partial charge in [-0.15, -0.1) is 0 Å². The van der Waals surface area contributed by atoms with Crippen molar-refractivity contribution in [1.82, 2.24) is 5.32 Å². The molecule has 2 nitrogen and oxygen atoms in total. The molecule has 1 aromatic carbocycles. The van der Waals surface area contributed by atoms with Crippen LogP contribution in [-0.4, -0.2) is 17.9 Å². The molecule has 2 atom stereocenters. The molecule has 2 bridgehead atoms. The number of hydrogen-bond acceptors (Lipinski definition) is 2. The summed E-state index contributed by atoms with van der Waals surface area (Å²) < 4.78 is 0. The number of carbonyl (C=O) groups excluding carboxylic acids is 1. The van der Waals surface area contributed by atoms with Crippen molar-refractivity contribution >= 4 is 5.78 Å². The number of hydrogen-bond donors (Lipinski definition) is 1. The van der Waals surface area contributed by atoms with Gasteiger partial charge in [0.05, 0.1) is 0 Å². The lowest BCUT2D eigenvalue weighted by molar-refractivity contribution is 0.0824. The number of aryl methyl sites for hydroxylation is 2. The Kier molecular flexibility index (Phi) is 3.44. The lowest BCUT2D eigenvalue weighted by Gasteiger charge is -2.40. The maximum atomic E-state index is 12.8. The summed E-state index contributed by atoms with van der Waals surface area (Å²) in [6.45, 7) is 4.12. The quantitative estimate of drug-likeness (QED) is 0.823. The van der Waals surface area contributed by atoms with Crippen molar-refractivity contribution in [3.8, 4) is 0 Å². The molecule has 0 saturated carbocycles. The van der Waals surface area contributed by atoms with Crippen molar-refractivity contribution in [2.75, 3.05) is 0 Å². The molecule has 2 unspecified atom stereocenters. The summed E-state index contributed by atoms with van der Waals surface area (Å²) >= 11 is 0. The summed E-state index contributed by atoms with van der Waals surface area (Å²) in [5, 5.41) is 3.67. The maximum Gasteiger partial charge on any atom is 0.166 e. The lowest BCUT2D eigenvalue weighted by Crippen LogP contribution is -2.50. The predicted molar refractivity (Wildman–Crippen MR) is 77.5 cm³/mol. The number of rotatable bonds is 2. The Hall–Kier alpha value is -1.15. The van der Waals surface area contributed by atoms with Gasteiger partial charge in [-0.2, -0.15) is 0 Å². The molecule has 0 aliphatic carbocycles. The molecule has 19 heavy (non-hydrogen) atoms. The molecule has 2 fully saturated rings. The van der Waals surface area contributed by atoms with E-state index in [0.717, 1.165) is 29.5 Å². The number of fused-ring (bicyclic) bond motifs is 2. The van der Waals surface area contributed by atoms with E-state index in [1.165, 1.54) is 19.3 Å². The summed E-state index contributed by atoms with van der Waals surface area (Å²) in [6.07, 6.45) is 5.87. The number of ketones is 1. The van der Waals surface area contributed by atoms with E-state index >= 15 is 0 Å². The molecule has 0 aromatic heterocycles. The highest BCUT2D eigenvalue weighted by Crippen LogP contribution is 2.32. The standard InChI is InChI=1S/C17H23NO/c1-11-5-3-6-12(2)16(11)17(19)13-9-14-7-4-8-15(10-13)18-14/h3,5-6,13-15,18H,4,7-10H2,1-2H3. The molecule has 1 aromatic rings. The molecule has 2 heterocycles. The first kappa shape index (κ1) is 12.9. The van der Waals surface area contributed by atoms with Gasteiger partial charge in [0, 0.05) is 23.6 Å². The van der Waals surface area contributed by atoms with Gasteiger partial charge in [0.1, 0.15) is 0 Å². The number of Topliss-reactive ketones (excluding diaryl/α,β-unsaturated/α-hetero) is 1. The van der Waals surface area contributed by atoms with Gasteiger partial charge in [0.25, 0.3) is 0 Å². The SMILES string of the molecule is Cc1cccc(C)c1C(=O)C1CC2CCCC(C1)N2. The van der Waals surface area contributed by atoms with Crippen LogP contribution in [0.5, 0.6) is 0 Å². The molecule has 0 radical (unpaired) electrons. The highest BCUT2D eigenvalue weighted by molar-refractivity contribution is 6.00. The first-order valence-corrected chi connectivity index (χ1v) is 7.51. The van der Waals surface area contributed by atoms with E-state index in [2.05, 4.69) is 31.3 Å². The third kappa shape index (κ3) is 2.46. The van der Waals surface area contributed by atoms with Crippen LogP contribution in [0.3, 0.4) is 0 Å². The first-order chi connectivity index (χ1) is 9.15. The monoisotopic (exact) mass is 257 g/mol. The Bertz CT molecular complexity index is 462. The van der Waals surface area contributed by atoms with Gasteiger partial charge in [-0.25, -0.2) is 0 Å². The number of nitrogens with one attached hydrogen (secondary N) is 1. The average Bonchev–Trinajstić information content (AvgIpc) is 2.37. The second-order valence-corrected chi connectivity index (χ2v) is 6.29. The molecule has 2 aliphatic heterocycles. The minimum absolute atomic E-state index is 0.233. The van der Waals surface area contributed by atoms with Crippen molar-refractivity contribution in [3.05, 3.63) is 34.9 Å². The minimum atomic E-state index is 0.233. The largest absolute Gasteiger partial charge is 0.311 e. The van der Waals surface area contributed by atoms with Crippen molar-refractivity contribution < 1.29 is 4.79 Å². The van der Waals surface area contributed by atoms with Crippen molar-refractivity contribution in [2.24, 2.45) is 5.92 Å². The van der Waals surface area contributed by atoms with Crippen LogP contribution in [0, 0.1) is 19.8 Å². The molecule has 1 N–H and O–H groups in total. The Labute approximate surface area is 115 Å². The third-order valence-electron chi connectivity index (χ3n) is 4.81. The van der Waals surface area contributed by atoms with Gasteiger partial charge >= 0.3 is 0 Å². The molecule has 3 rings (SSSR count). The van der Waals surface area contributed by atoms with Crippen molar-refractivity contribution in [3.63, 3.8) is 0 Å². The smallest absolute Gasteiger partial charge is 0.166 e. The Morgan fingerprint density at radius 1 is 1.11 bits per heavy atom. The van der Waals surface area contributed by atoms with Gasteiger partial charge in [0.15, 0.2) is 5.78 Å². The van der Waals surface area contributed by atoms with E-state index < -0.39 is 0 Å². The summed E-state index contributed by atoms with van der Waals surface area (Å²) in [5.41, 5.74) is 3.25. The van der Waals surface area contributed by atoms with Crippen LogP contribution < -0.4 is 5.32 Å². The lowest BCUT2D eigenvalue weighted by atomic mass is 9.76. The van der Waals surface area contributed by atoms with Crippen LogP contribution in [-0.2, 0) is 0 Å². The fraction of sp³-hybridized carbons (Fsp3) is 0.588. The maximum absolute atomic E-state index is 12.8. The van der Waals surface area contributed by atoms with Crippen LogP contribution >= 0.6 is 0 Å². The molecule has 2 heteroatoms. The van der Waals surface area contributed by atoms with Crippen LogP contribution in [0.4, 0.5) is 0 Å². The molecule has 2 aliphatic rings. The molecular weight excluding hydrogens is 234 g/mol. The molecule has 0 spiro atoms. The zero-order chi connectivity index (χ0) is 13.4. The van der Waals surface area contributed by atoms with E-state index in [1.54, 1.807) is 0 Å². The van der Waals surface area contributed by atoms with Crippen LogP contribution in [0.25, 0.3) is 0 Å². The first-order valence-electron chi connectivity index (χ1n) is 7.51. The van der Waals surface area contributed by atoms with E-state index in [4.69, 9.17) is 0 Å².